The minimum absolute atomic E-state index is 0.180. The smallest absolute Gasteiger partial charge is 0.263 e. The van der Waals surface area contributed by atoms with Crippen LogP contribution >= 0.6 is 11.3 Å². The molecule has 156 valence electrons. The minimum Gasteiger partial charge on any atom is -0.497 e. The van der Waals surface area contributed by atoms with Gasteiger partial charge in [-0.05, 0) is 30.2 Å². The Hall–Kier alpha value is -3.78. The Morgan fingerprint density at radius 3 is 2.81 bits per heavy atom. The van der Waals surface area contributed by atoms with Crippen LogP contribution < -0.4 is 15.7 Å². The van der Waals surface area contributed by atoms with Gasteiger partial charge in [-0.3, -0.25) is 14.2 Å². The number of aromatic nitrogens is 2. The molecule has 2 aromatic heterocycles. The Kier molecular flexibility index (Phi) is 5.90. The quantitative estimate of drug-likeness (QED) is 0.373. The van der Waals surface area contributed by atoms with Crippen LogP contribution in [0.5, 0.6) is 5.75 Å². The number of hydrogen-bond donors (Lipinski definition) is 1. The normalized spacial score (nSPS) is 11.2. The Bertz CT molecular complexity index is 1330. The van der Waals surface area contributed by atoms with E-state index < -0.39 is 5.91 Å². The fourth-order valence-electron chi connectivity index (χ4n) is 3.29. The summed E-state index contributed by atoms with van der Waals surface area (Å²) < 4.78 is 6.46. The number of nitrogens with one attached hydrogen (secondary N) is 1. The molecule has 0 bridgehead atoms. The van der Waals surface area contributed by atoms with Crippen LogP contribution in [0.1, 0.15) is 10.4 Å². The molecule has 8 heteroatoms. The van der Waals surface area contributed by atoms with Crippen LogP contribution in [0.2, 0.25) is 0 Å². The summed E-state index contributed by atoms with van der Waals surface area (Å²) in [6, 6.07) is 17.0. The van der Waals surface area contributed by atoms with E-state index in [1.807, 2.05) is 55.5 Å². The number of rotatable bonds is 6. The van der Waals surface area contributed by atoms with Crippen LogP contribution in [0.4, 0.5) is 0 Å². The van der Waals surface area contributed by atoms with Crippen molar-refractivity contribution >= 4 is 33.7 Å². The zero-order chi connectivity index (χ0) is 21.8. The fourth-order valence-corrected chi connectivity index (χ4v) is 4.30. The number of benzene rings is 2. The maximum absolute atomic E-state index is 13.1. The molecule has 7 nitrogen and oxygen atoms in total. The van der Waals surface area contributed by atoms with E-state index in [0.717, 1.165) is 21.6 Å². The predicted molar refractivity (Wildman–Crippen MR) is 123 cm³/mol. The SMILES string of the molecule is COc1cccc(/C=N/NC(=O)Cn2cnc3sc(C)c(-c4ccccc4)c3c2=O)c1. The second kappa shape index (κ2) is 8.93. The van der Waals surface area contributed by atoms with Gasteiger partial charge in [0.25, 0.3) is 11.5 Å². The molecular formula is C23H20N4O3S. The van der Waals surface area contributed by atoms with Gasteiger partial charge in [-0.1, -0.05) is 42.5 Å². The number of carbonyl (C=O) groups excluding carboxylic acids is 1. The maximum Gasteiger partial charge on any atom is 0.263 e. The summed E-state index contributed by atoms with van der Waals surface area (Å²) in [5, 5.41) is 4.49. The maximum atomic E-state index is 13.1. The minimum atomic E-state index is -0.421. The zero-order valence-corrected chi connectivity index (χ0v) is 17.8. The Labute approximate surface area is 182 Å². The molecule has 4 aromatic rings. The van der Waals surface area contributed by atoms with Gasteiger partial charge in [0, 0.05) is 10.4 Å². The number of aryl methyl sites for hydroxylation is 1. The molecule has 0 spiro atoms. The van der Waals surface area contributed by atoms with Crippen molar-refractivity contribution in [2.24, 2.45) is 5.10 Å². The van der Waals surface area contributed by atoms with Gasteiger partial charge >= 0.3 is 0 Å². The van der Waals surface area contributed by atoms with Crippen molar-refractivity contribution in [2.45, 2.75) is 13.5 Å². The third-order valence-electron chi connectivity index (χ3n) is 4.73. The van der Waals surface area contributed by atoms with Gasteiger partial charge in [0.1, 0.15) is 17.1 Å². The lowest BCUT2D eigenvalue weighted by atomic mass is 10.0. The number of methoxy groups -OCH3 is 1. The number of hydrogen-bond acceptors (Lipinski definition) is 6. The van der Waals surface area contributed by atoms with Gasteiger partial charge in [0.05, 0.1) is 25.0 Å². The highest BCUT2D eigenvalue weighted by atomic mass is 32.1. The number of carbonyl (C=O) groups is 1. The number of ether oxygens (including phenoxy) is 1. The van der Waals surface area contributed by atoms with E-state index in [1.165, 1.54) is 28.4 Å². The van der Waals surface area contributed by atoms with E-state index in [2.05, 4.69) is 15.5 Å². The molecular weight excluding hydrogens is 412 g/mol. The molecule has 2 aromatic carbocycles. The van der Waals surface area contributed by atoms with Crippen LogP contribution in [0.15, 0.2) is 70.8 Å². The third kappa shape index (κ3) is 4.39. The number of nitrogens with zero attached hydrogens (tertiary/aromatic N) is 3. The van der Waals surface area contributed by atoms with Crippen molar-refractivity contribution in [3.63, 3.8) is 0 Å². The molecule has 0 unspecified atom stereocenters. The highest BCUT2D eigenvalue weighted by molar-refractivity contribution is 7.19. The summed E-state index contributed by atoms with van der Waals surface area (Å²) in [6.45, 7) is 1.79. The molecule has 31 heavy (non-hydrogen) atoms. The number of hydrazone groups is 1. The number of amides is 1. The van der Waals surface area contributed by atoms with Gasteiger partial charge in [-0.2, -0.15) is 5.10 Å². The summed E-state index contributed by atoms with van der Waals surface area (Å²) in [7, 11) is 1.58. The van der Waals surface area contributed by atoms with Gasteiger partial charge in [0.2, 0.25) is 0 Å². The van der Waals surface area contributed by atoms with E-state index in [0.29, 0.717) is 16.0 Å². The molecule has 0 atom stereocenters. The second-order valence-electron chi connectivity index (χ2n) is 6.83. The van der Waals surface area contributed by atoms with Crippen LogP contribution in [0, 0.1) is 6.92 Å². The first-order chi connectivity index (χ1) is 15.1. The topological polar surface area (TPSA) is 85.6 Å². The van der Waals surface area contributed by atoms with Crippen molar-refractivity contribution in [1.82, 2.24) is 15.0 Å². The van der Waals surface area contributed by atoms with Crippen LogP contribution in [-0.4, -0.2) is 28.8 Å². The van der Waals surface area contributed by atoms with Crippen molar-refractivity contribution in [1.29, 1.82) is 0 Å². The number of thiophene rings is 1. The molecule has 0 aliphatic carbocycles. The molecule has 0 radical (unpaired) electrons. The summed E-state index contributed by atoms with van der Waals surface area (Å²) >= 11 is 1.47. The van der Waals surface area contributed by atoms with Gasteiger partial charge < -0.3 is 4.74 Å². The van der Waals surface area contributed by atoms with Crippen molar-refractivity contribution < 1.29 is 9.53 Å². The molecule has 2 heterocycles. The summed E-state index contributed by atoms with van der Waals surface area (Å²) in [4.78, 5) is 31.5. The van der Waals surface area contributed by atoms with E-state index in [9.17, 15) is 9.59 Å². The highest BCUT2D eigenvalue weighted by Crippen LogP contribution is 2.35. The first-order valence-electron chi connectivity index (χ1n) is 9.56. The fraction of sp³-hybridized carbons (Fsp3) is 0.130. The Morgan fingerprint density at radius 2 is 2.03 bits per heavy atom. The average Bonchev–Trinajstić information content (AvgIpc) is 3.13. The average molecular weight is 433 g/mol. The van der Waals surface area contributed by atoms with E-state index in [1.54, 1.807) is 13.2 Å². The standard InChI is InChI=1S/C23H20N4O3S/c1-15-20(17-8-4-3-5-9-17)21-22(31-15)24-14-27(23(21)29)13-19(28)26-25-12-16-7-6-10-18(11-16)30-2/h3-12,14H,13H2,1-2H3,(H,26,28)/b25-12+. The summed E-state index contributed by atoms with van der Waals surface area (Å²) in [5.74, 6) is 0.275. The first kappa shape index (κ1) is 20.5. The van der Waals surface area contributed by atoms with Crippen molar-refractivity contribution in [3.8, 4) is 16.9 Å². The number of fused-ring (bicyclic) bond motifs is 1. The molecule has 1 N–H and O–H groups in total. The van der Waals surface area contributed by atoms with Crippen molar-refractivity contribution in [3.05, 3.63) is 81.7 Å². The highest BCUT2D eigenvalue weighted by Gasteiger charge is 2.17. The largest absolute Gasteiger partial charge is 0.497 e. The lowest BCUT2D eigenvalue weighted by molar-refractivity contribution is -0.121. The van der Waals surface area contributed by atoms with Crippen LogP contribution in [0.25, 0.3) is 21.3 Å². The van der Waals surface area contributed by atoms with E-state index >= 15 is 0 Å². The van der Waals surface area contributed by atoms with Crippen LogP contribution in [0.3, 0.4) is 0 Å². The van der Waals surface area contributed by atoms with Crippen LogP contribution in [-0.2, 0) is 11.3 Å². The molecule has 0 saturated carbocycles. The molecule has 0 fully saturated rings. The monoisotopic (exact) mass is 432 g/mol. The molecule has 4 rings (SSSR count). The first-order valence-corrected chi connectivity index (χ1v) is 10.4. The Morgan fingerprint density at radius 1 is 1.23 bits per heavy atom. The molecule has 0 saturated heterocycles. The van der Waals surface area contributed by atoms with Gasteiger partial charge in [0.15, 0.2) is 0 Å². The van der Waals surface area contributed by atoms with E-state index in [4.69, 9.17) is 4.74 Å². The zero-order valence-electron chi connectivity index (χ0n) is 17.0. The predicted octanol–water partition coefficient (Wildman–Crippen LogP) is 3.59. The molecule has 0 aliphatic heterocycles. The summed E-state index contributed by atoms with van der Waals surface area (Å²) in [6.07, 6.45) is 2.92. The molecule has 1 amide bonds. The Balaban J connectivity index is 1.56. The molecule has 0 aliphatic rings. The van der Waals surface area contributed by atoms with Gasteiger partial charge in [-0.15, -0.1) is 11.3 Å². The summed E-state index contributed by atoms with van der Waals surface area (Å²) in [5.41, 5.74) is 4.80. The third-order valence-corrected chi connectivity index (χ3v) is 5.74. The van der Waals surface area contributed by atoms with Gasteiger partial charge in [-0.25, -0.2) is 10.4 Å². The second-order valence-corrected chi connectivity index (χ2v) is 8.03. The van der Waals surface area contributed by atoms with Crippen molar-refractivity contribution in [2.75, 3.05) is 7.11 Å². The lowest BCUT2D eigenvalue weighted by Crippen LogP contribution is -2.30. The van der Waals surface area contributed by atoms with E-state index in [-0.39, 0.29) is 12.1 Å². The lowest BCUT2D eigenvalue weighted by Gasteiger charge is -2.06.